The molecular formula is C11H19NO3. The standard InChI is InChI=1S/C11H19NO3/c13-10(14)5-11(7-12-8-11)15-6-9-3-1-2-4-9/h9,12H,1-8H2,(H,13,14). The van der Waals surface area contributed by atoms with Gasteiger partial charge in [-0.25, -0.2) is 0 Å². The average molecular weight is 213 g/mol. The Labute approximate surface area is 90.0 Å². The van der Waals surface area contributed by atoms with Gasteiger partial charge in [-0.15, -0.1) is 0 Å². The number of carboxylic acid groups (broad SMARTS) is 1. The first-order valence-electron chi connectivity index (χ1n) is 5.77. The summed E-state index contributed by atoms with van der Waals surface area (Å²) in [5.74, 6) is -0.0980. The number of carboxylic acids is 1. The highest BCUT2D eigenvalue weighted by atomic mass is 16.5. The molecule has 1 aliphatic heterocycles. The van der Waals surface area contributed by atoms with Gasteiger partial charge >= 0.3 is 5.97 Å². The summed E-state index contributed by atoms with van der Waals surface area (Å²) < 4.78 is 5.82. The lowest BCUT2D eigenvalue weighted by Gasteiger charge is -2.41. The predicted molar refractivity (Wildman–Crippen MR) is 55.8 cm³/mol. The van der Waals surface area contributed by atoms with Crippen LogP contribution >= 0.6 is 0 Å². The van der Waals surface area contributed by atoms with E-state index in [-0.39, 0.29) is 6.42 Å². The molecule has 2 fully saturated rings. The number of ether oxygens (including phenoxy) is 1. The minimum absolute atomic E-state index is 0.132. The van der Waals surface area contributed by atoms with Gasteiger partial charge in [0.05, 0.1) is 13.0 Å². The van der Waals surface area contributed by atoms with Crippen LogP contribution in [0.5, 0.6) is 0 Å². The smallest absolute Gasteiger partial charge is 0.306 e. The van der Waals surface area contributed by atoms with Gasteiger partial charge in [-0.3, -0.25) is 4.79 Å². The molecule has 0 aromatic carbocycles. The molecule has 0 radical (unpaired) electrons. The Kier molecular flexibility index (Phi) is 3.26. The quantitative estimate of drug-likeness (QED) is 0.715. The molecule has 1 saturated carbocycles. The van der Waals surface area contributed by atoms with Gasteiger partial charge in [0.15, 0.2) is 0 Å². The molecular weight excluding hydrogens is 194 g/mol. The first-order chi connectivity index (χ1) is 7.20. The second kappa shape index (κ2) is 4.49. The van der Waals surface area contributed by atoms with Crippen LogP contribution in [0.4, 0.5) is 0 Å². The molecule has 1 heterocycles. The van der Waals surface area contributed by atoms with Gasteiger partial charge in [-0.1, -0.05) is 12.8 Å². The average Bonchev–Trinajstić information content (AvgIpc) is 2.61. The van der Waals surface area contributed by atoms with Gasteiger partial charge in [-0.2, -0.15) is 0 Å². The first kappa shape index (κ1) is 10.9. The number of carbonyl (C=O) groups is 1. The third kappa shape index (κ3) is 2.69. The number of nitrogens with one attached hydrogen (secondary N) is 1. The van der Waals surface area contributed by atoms with E-state index in [2.05, 4.69) is 5.32 Å². The molecule has 2 rings (SSSR count). The van der Waals surface area contributed by atoms with Crippen molar-refractivity contribution in [1.29, 1.82) is 0 Å². The topological polar surface area (TPSA) is 58.6 Å². The molecule has 1 saturated heterocycles. The fourth-order valence-corrected chi connectivity index (χ4v) is 2.43. The zero-order chi connectivity index (χ0) is 10.7. The highest BCUT2D eigenvalue weighted by molar-refractivity contribution is 5.68. The number of aliphatic carboxylic acids is 1. The Morgan fingerprint density at radius 1 is 1.40 bits per heavy atom. The normalized spacial score (nSPS) is 25.1. The van der Waals surface area contributed by atoms with Crippen molar-refractivity contribution in [2.24, 2.45) is 5.92 Å². The highest BCUT2D eigenvalue weighted by Crippen LogP contribution is 2.28. The van der Waals surface area contributed by atoms with E-state index in [1.807, 2.05) is 0 Å². The van der Waals surface area contributed by atoms with Crippen molar-refractivity contribution in [3.8, 4) is 0 Å². The van der Waals surface area contributed by atoms with Crippen molar-refractivity contribution in [3.05, 3.63) is 0 Å². The number of hydrogen-bond donors (Lipinski definition) is 2. The van der Waals surface area contributed by atoms with Crippen molar-refractivity contribution in [2.75, 3.05) is 19.7 Å². The molecule has 2 N–H and O–H groups in total. The summed E-state index contributed by atoms with van der Waals surface area (Å²) >= 11 is 0. The Hall–Kier alpha value is -0.610. The molecule has 0 spiro atoms. The fourth-order valence-electron chi connectivity index (χ4n) is 2.43. The third-order valence-corrected chi connectivity index (χ3v) is 3.47. The Balaban J connectivity index is 1.77. The molecule has 4 nitrogen and oxygen atoms in total. The van der Waals surface area contributed by atoms with Gasteiger partial charge in [0.2, 0.25) is 0 Å². The maximum Gasteiger partial charge on any atom is 0.306 e. The molecule has 4 heteroatoms. The second-order valence-electron chi connectivity index (χ2n) is 4.82. The summed E-state index contributed by atoms with van der Waals surface area (Å²) in [7, 11) is 0. The third-order valence-electron chi connectivity index (χ3n) is 3.47. The van der Waals surface area contributed by atoms with Gasteiger partial charge < -0.3 is 15.2 Å². The molecule has 0 aromatic rings. The summed E-state index contributed by atoms with van der Waals surface area (Å²) in [4.78, 5) is 10.7. The zero-order valence-corrected chi connectivity index (χ0v) is 9.00. The Bertz CT molecular complexity index is 232. The monoisotopic (exact) mass is 213 g/mol. The van der Waals surface area contributed by atoms with Gasteiger partial charge in [0.25, 0.3) is 0 Å². The molecule has 0 unspecified atom stereocenters. The Morgan fingerprint density at radius 2 is 2.07 bits per heavy atom. The number of rotatable bonds is 5. The van der Waals surface area contributed by atoms with E-state index in [1.54, 1.807) is 0 Å². The van der Waals surface area contributed by atoms with Crippen molar-refractivity contribution < 1.29 is 14.6 Å². The van der Waals surface area contributed by atoms with Crippen LogP contribution in [0.15, 0.2) is 0 Å². The molecule has 0 aromatic heterocycles. The van der Waals surface area contributed by atoms with Gasteiger partial charge in [0.1, 0.15) is 5.60 Å². The maximum absolute atomic E-state index is 10.7. The largest absolute Gasteiger partial charge is 0.481 e. The molecule has 0 atom stereocenters. The summed E-state index contributed by atoms with van der Waals surface area (Å²) in [5, 5.41) is 11.9. The molecule has 1 aliphatic carbocycles. The van der Waals surface area contributed by atoms with Crippen LogP contribution in [0.1, 0.15) is 32.1 Å². The fraction of sp³-hybridized carbons (Fsp3) is 0.909. The predicted octanol–water partition coefficient (Wildman–Crippen LogP) is 1.01. The minimum Gasteiger partial charge on any atom is -0.481 e. The lowest BCUT2D eigenvalue weighted by Crippen LogP contribution is -2.62. The molecule has 15 heavy (non-hydrogen) atoms. The Morgan fingerprint density at radius 3 is 2.53 bits per heavy atom. The van der Waals surface area contributed by atoms with E-state index in [0.717, 1.165) is 6.61 Å². The van der Waals surface area contributed by atoms with E-state index >= 15 is 0 Å². The lowest BCUT2D eigenvalue weighted by atomic mass is 9.92. The summed E-state index contributed by atoms with van der Waals surface area (Å²) in [5.41, 5.74) is -0.408. The SMILES string of the molecule is O=C(O)CC1(OCC2CCCC2)CNC1. The van der Waals surface area contributed by atoms with Crippen LogP contribution in [-0.2, 0) is 9.53 Å². The van der Waals surface area contributed by atoms with Crippen molar-refractivity contribution in [2.45, 2.75) is 37.7 Å². The second-order valence-corrected chi connectivity index (χ2v) is 4.82. The first-order valence-corrected chi connectivity index (χ1v) is 5.77. The van der Waals surface area contributed by atoms with E-state index in [9.17, 15) is 4.79 Å². The highest BCUT2D eigenvalue weighted by Gasteiger charge is 2.40. The van der Waals surface area contributed by atoms with Gasteiger partial charge in [0, 0.05) is 13.1 Å². The van der Waals surface area contributed by atoms with Crippen molar-refractivity contribution in [3.63, 3.8) is 0 Å². The van der Waals surface area contributed by atoms with E-state index in [4.69, 9.17) is 9.84 Å². The molecule has 2 aliphatic rings. The lowest BCUT2D eigenvalue weighted by molar-refractivity contribution is -0.152. The van der Waals surface area contributed by atoms with Crippen molar-refractivity contribution >= 4 is 5.97 Å². The van der Waals surface area contributed by atoms with E-state index in [0.29, 0.717) is 19.0 Å². The van der Waals surface area contributed by atoms with Crippen LogP contribution < -0.4 is 5.32 Å². The molecule has 86 valence electrons. The van der Waals surface area contributed by atoms with E-state index in [1.165, 1.54) is 25.7 Å². The van der Waals surface area contributed by atoms with Crippen LogP contribution in [0, 0.1) is 5.92 Å². The van der Waals surface area contributed by atoms with E-state index < -0.39 is 11.6 Å². The zero-order valence-electron chi connectivity index (χ0n) is 9.00. The van der Waals surface area contributed by atoms with Crippen LogP contribution in [0.2, 0.25) is 0 Å². The minimum atomic E-state index is -0.761. The van der Waals surface area contributed by atoms with Crippen molar-refractivity contribution in [1.82, 2.24) is 5.32 Å². The molecule has 0 bridgehead atoms. The van der Waals surface area contributed by atoms with Crippen LogP contribution in [-0.4, -0.2) is 36.4 Å². The summed E-state index contributed by atoms with van der Waals surface area (Å²) in [6, 6.07) is 0. The molecule has 0 amide bonds. The maximum atomic E-state index is 10.7. The van der Waals surface area contributed by atoms with Crippen LogP contribution in [0.25, 0.3) is 0 Å². The summed E-state index contributed by atoms with van der Waals surface area (Å²) in [6.07, 6.45) is 5.23. The van der Waals surface area contributed by atoms with Gasteiger partial charge in [-0.05, 0) is 18.8 Å². The van der Waals surface area contributed by atoms with Crippen LogP contribution in [0.3, 0.4) is 0 Å². The summed E-state index contributed by atoms with van der Waals surface area (Å²) in [6.45, 7) is 2.12. The number of hydrogen-bond acceptors (Lipinski definition) is 3.